The van der Waals surface area contributed by atoms with Gasteiger partial charge in [0.2, 0.25) is 0 Å². The highest BCUT2D eigenvalue weighted by Gasteiger charge is 2.64. The monoisotopic (exact) mass is 282 g/mol. The molecule has 0 saturated heterocycles. The van der Waals surface area contributed by atoms with E-state index in [0.717, 1.165) is 0 Å². The van der Waals surface area contributed by atoms with E-state index in [1.807, 2.05) is 0 Å². The zero-order valence-corrected chi connectivity index (χ0v) is 10.5. The molecule has 0 aromatic carbocycles. The van der Waals surface area contributed by atoms with Gasteiger partial charge in [0.15, 0.2) is 6.29 Å². The molecule has 1 atom stereocenters. The van der Waals surface area contributed by atoms with Gasteiger partial charge in [-0.3, -0.25) is 19.7 Å². The molecule has 0 amide bonds. The fraction of sp³-hybridized carbons (Fsp3) is 0.818. The van der Waals surface area contributed by atoms with E-state index >= 15 is 0 Å². The van der Waals surface area contributed by atoms with Gasteiger partial charge in [0, 0.05) is 37.0 Å². The van der Waals surface area contributed by atoms with Crippen LogP contribution in [0.15, 0.2) is 0 Å². The quantitative estimate of drug-likeness (QED) is 0.481. The molecule has 5 nitrogen and oxygen atoms in total. The van der Waals surface area contributed by atoms with Gasteiger partial charge in [-0.05, 0) is 6.42 Å². The molecule has 0 aliphatic rings. The third-order valence-corrected chi connectivity index (χ3v) is 2.86. The van der Waals surface area contributed by atoms with Gasteiger partial charge in [-0.25, -0.2) is 0 Å². The van der Waals surface area contributed by atoms with Crippen molar-refractivity contribution in [3.8, 4) is 0 Å². The van der Waals surface area contributed by atoms with E-state index in [2.05, 4.69) is 0 Å². The number of Topliss-reactive ketones (excluding diaryl/α,β-unsaturated/α-hetero) is 1. The summed E-state index contributed by atoms with van der Waals surface area (Å²) in [7, 11) is 0. The lowest BCUT2D eigenvalue weighted by molar-refractivity contribution is -0.615. The summed E-state index contributed by atoms with van der Waals surface area (Å²) >= 11 is 0. The predicted octanol–water partition coefficient (Wildman–Crippen LogP) is 2.60. The Labute approximate surface area is 108 Å². The first-order valence-corrected chi connectivity index (χ1v) is 5.79. The lowest BCUT2D eigenvalue weighted by atomic mass is 9.87. The van der Waals surface area contributed by atoms with Crippen LogP contribution in [0.25, 0.3) is 0 Å². The minimum absolute atomic E-state index is 0.0887. The first kappa shape index (κ1) is 17.5. The van der Waals surface area contributed by atoms with E-state index in [1.165, 1.54) is 6.29 Å². The van der Waals surface area contributed by atoms with Crippen LogP contribution in [0.4, 0.5) is 13.2 Å². The molecule has 0 spiro atoms. The van der Waals surface area contributed by atoms with Crippen LogP contribution in [0, 0.1) is 10.1 Å². The summed E-state index contributed by atoms with van der Waals surface area (Å²) in [5.41, 5.74) is -3.24. The van der Waals surface area contributed by atoms with Gasteiger partial charge in [0.25, 0.3) is 0 Å². The topological polar surface area (TPSA) is 77.3 Å². The van der Waals surface area contributed by atoms with Crippen LogP contribution >= 0.6 is 0 Å². The second-order valence-electron chi connectivity index (χ2n) is 4.22. The molecule has 0 rings (SSSR count). The molecule has 19 heavy (non-hydrogen) atoms. The van der Waals surface area contributed by atoms with Crippen molar-refractivity contribution in [3.05, 3.63) is 10.1 Å². The van der Waals surface area contributed by atoms with E-state index in [0.29, 0.717) is 6.42 Å². The summed E-state index contributed by atoms with van der Waals surface area (Å²) < 4.78 is 38.7. The average Bonchev–Trinajstić information content (AvgIpc) is 2.27. The Balaban J connectivity index is 5.07. The molecule has 0 aromatic rings. The molecule has 0 aliphatic heterocycles. The van der Waals surface area contributed by atoms with Crippen molar-refractivity contribution >= 4 is 12.1 Å². The number of carbonyl (C=O) groups is 1. The van der Waals surface area contributed by atoms with Gasteiger partial charge < -0.3 is 0 Å². The number of nitro groups is 1. The maximum Gasteiger partial charge on any atom is 0.460 e. The predicted molar refractivity (Wildman–Crippen MR) is 59.9 cm³/mol. The Morgan fingerprint density at radius 2 is 1.84 bits per heavy atom. The largest absolute Gasteiger partial charge is 0.460 e. The Bertz CT molecular complexity index is 343. The van der Waals surface area contributed by atoms with Gasteiger partial charge >= 0.3 is 11.7 Å². The highest BCUT2D eigenvalue weighted by molar-refractivity contribution is 5.78. The lowest BCUT2D eigenvalue weighted by Gasteiger charge is -2.26. The third-order valence-electron chi connectivity index (χ3n) is 2.86. The van der Waals surface area contributed by atoms with Crippen molar-refractivity contribution in [3.63, 3.8) is 0 Å². The third kappa shape index (κ3) is 4.60. The number of rotatable bonds is 9. The van der Waals surface area contributed by atoms with Crippen molar-refractivity contribution in [2.24, 2.45) is 0 Å². The lowest BCUT2D eigenvalue weighted by Crippen LogP contribution is -2.52. The number of ketones is 1. The summed E-state index contributed by atoms with van der Waals surface area (Å²) in [6.45, 7) is 1.68. The molecule has 0 saturated carbocycles. The number of hydrogen-bond donors (Lipinski definition) is 0. The van der Waals surface area contributed by atoms with Gasteiger partial charge in [-0.15, -0.1) is 0 Å². The van der Waals surface area contributed by atoms with Crippen LogP contribution in [-0.4, -0.2) is 28.7 Å². The van der Waals surface area contributed by atoms with Crippen LogP contribution in [0.5, 0.6) is 0 Å². The van der Waals surface area contributed by atoms with Crippen molar-refractivity contribution in [1.29, 1.82) is 0 Å². The number of hydrogen-bond acceptors (Lipinski definition) is 4. The summed E-state index contributed by atoms with van der Waals surface area (Å²) in [5.74, 6) is -0.451. The molecule has 8 heteroatoms. The minimum atomic E-state index is -5.11. The zero-order valence-electron chi connectivity index (χ0n) is 10.5. The number of carbonyl (C=O) groups excluding carboxylic acids is 2. The van der Waals surface area contributed by atoms with Crippen molar-refractivity contribution in [1.82, 2.24) is 0 Å². The van der Waals surface area contributed by atoms with Gasteiger partial charge in [0.05, 0.1) is 0 Å². The highest BCUT2D eigenvalue weighted by Crippen LogP contribution is 2.40. The van der Waals surface area contributed by atoms with E-state index in [9.17, 15) is 32.9 Å². The standard InChI is InChI=1S/C11H15F3NO4/c1-2-4-9(17)5-7-10(15(18)19,6-3-8-16)11(12,13)14/h2-7H2,1H3. The number of halogens is 3. The molecule has 0 bridgehead atoms. The number of alkyl halides is 3. The first-order chi connectivity index (χ1) is 8.71. The summed E-state index contributed by atoms with van der Waals surface area (Å²) in [6, 6.07) is 0. The summed E-state index contributed by atoms with van der Waals surface area (Å²) in [6.07, 6.45) is -6.48. The van der Waals surface area contributed by atoms with Crippen molar-refractivity contribution in [2.45, 2.75) is 57.2 Å². The smallest absolute Gasteiger partial charge is 0.300 e. The van der Waals surface area contributed by atoms with Crippen LogP contribution in [0.3, 0.4) is 0 Å². The molecule has 0 aliphatic carbocycles. The van der Waals surface area contributed by atoms with E-state index in [-0.39, 0.29) is 6.42 Å². The number of nitrogens with zero attached hydrogens (tertiary/aromatic N) is 1. The van der Waals surface area contributed by atoms with E-state index in [4.69, 9.17) is 0 Å². The molecule has 0 aromatic heterocycles. The Morgan fingerprint density at radius 3 is 2.21 bits per heavy atom. The van der Waals surface area contributed by atoms with Crippen LogP contribution < -0.4 is 0 Å². The summed E-state index contributed by atoms with van der Waals surface area (Å²) in [4.78, 5) is 30.7. The molecular formula is C11H15F3NO4. The van der Waals surface area contributed by atoms with Crippen LogP contribution in [0.1, 0.15) is 45.4 Å². The maximum absolute atomic E-state index is 12.9. The van der Waals surface area contributed by atoms with Crippen molar-refractivity contribution in [2.75, 3.05) is 0 Å². The Morgan fingerprint density at radius 1 is 1.26 bits per heavy atom. The van der Waals surface area contributed by atoms with E-state index in [1.54, 1.807) is 6.92 Å². The zero-order chi connectivity index (χ0) is 15.1. The molecule has 0 heterocycles. The van der Waals surface area contributed by atoms with Crippen molar-refractivity contribution < 1.29 is 27.7 Å². The molecule has 0 fully saturated rings. The average molecular weight is 282 g/mol. The first-order valence-electron chi connectivity index (χ1n) is 5.79. The van der Waals surface area contributed by atoms with Crippen LogP contribution in [0.2, 0.25) is 0 Å². The summed E-state index contributed by atoms with van der Waals surface area (Å²) in [5, 5.41) is 10.8. The SMILES string of the molecule is CCCC(=O)CCC(CC[C]=O)([N+](=O)[O-])C(F)(F)F. The molecule has 1 unspecified atom stereocenters. The fourth-order valence-electron chi connectivity index (χ4n) is 1.70. The molecule has 1 radical (unpaired) electrons. The molecule has 109 valence electrons. The second-order valence-corrected chi connectivity index (χ2v) is 4.22. The molecular weight excluding hydrogens is 267 g/mol. The van der Waals surface area contributed by atoms with E-state index < -0.39 is 48.1 Å². The fourth-order valence-corrected chi connectivity index (χ4v) is 1.70. The maximum atomic E-state index is 12.9. The second kappa shape index (κ2) is 7.20. The van der Waals surface area contributed by atoms with Gasteiger partial charge in [-0.1, -0.05) is 6.92 Å². The Kier molecular flexibility index (Phi) is 6.64. The highest BCUT2D eigenvalue weighted by atomic mass is 19.4. The minimum Gasteiger partial charge on any atom is -0.300 e. The van der Waals surface area contributed by atoms with Gasteiger partial charge in [-0.2, -0.15) is 13.2 Å². The van der Waals surface area contributed by atoms with Gasteiger partial charge in [0.1, 0.15) is 5.78 Å². The Hall–Kier alpha value is -1.47. The molecule has 0 N–H and O–H groups in total. The van der Waals surface area contributed by atoms with Crippen LogP contribution in [-0.2, 0) is 9.59 Å². The normalized spacial score (nSPS) is 14.7.